The first-order valence-electron chi connectivity index (χ1n) is 9.35. The second-order valence-electron chi connectivity index (χ2n) is 6.62. The van der Waals surface area contributed by atoms with Gasteiger partial charge in [0.25, 0.3) is 5.91 Å². The third-order valence-corrected chi connectivity index (χ3v) is 4.24. The highest BCUT2D eigenvalue weighted by atomic mass is 16.5. The SMILES string of the molecule is CCCN(CC(=O)Nc1ccccc1OC)C(=O)COc1ccc(C)cc1C. The highest BCUT2D eigenvalue weighted by molar-refractivity contribution is 5.95. The molecule has 0 saturated carbocycles. The zero-order chi connectivity index (χ0) is 20.5. The molecule has 0 aromatic heterocycles. The van der Waals surface area contributed by atoms with Gasteiger partial charge < -0.3 is 19.7 Å². The number of ether oxygens (including phenoxy) is 2. The van der Waals surface area contributed by atoms with Gasteiger partial charge in [0, 0.05) is 6.54 Å². The number of carbonyl (C=O) groups is 2. The van der Waals surface area contributed by atoms with Crippen molar-refractivity contribution in [1.82, 2.24) is 4.90 Å². The number of rotatable bonds is 9. The third-order valence-electron chi connectivity index (χ3n) is 4.24. The Kier molecular flexibility index (Phi) is 7.87. The lowest BCUT2D eigenvalue weighted by Gasteiger charge is -2.22. The van der Waals surface area contributed by atoms with Gasteiger partial charge >= 0.3 is 0 Å². The van der Waals surface area contributed by atoms with Crippen LogP contribution in [0.5, 0.6) is 11.5 Å². The van der Waals surface area contributed by atoms with E-state index in [1.54, 1.807) is 19.2 Å². The van der Waals surface area contributed by atoms with Gasteiger partial charge in [0.1, 0.15) is 11.5 Å². The highest BCUT2D eigenvalue weighted by Crippen LogP contribution is 2.23. The lowest BCUT2D eigenvalue weighted by Crippen LogP contribution is -2.41. The van der Waals surface area contributed by atoms with Crippen molar-refractivity contribution in [1.29, 1.82) is 0 Å². The number of nitrogens with zero attached hydrogens (tertiary/aromatic N) is 1. The van der Waals surface area contributed by atoms with Crippen LogP contribution in [0.3, 0.4) is 0 Å². The fourth-order valence-corrected chi connectivity index (χ4v) is 2.86. The van der Waals surface area contributed by atoms with Gasteiger partial charge in [-0.3, -0.25) is 9.59 Å². The molecule has 2 amide bonds. The summed E-state index contributed by atoms with van der Waals surface area (Å²) in [6.07, 6.45) is 0.747. The van der Waals surface area contributed by atoms with Gasteiger partial charge in [0.2, 0.25) is 5.91 Å². The van der Waals surface area contributed by atoms with Crippen LogP contribution < -0.4 is 14.8 Å². The van der Waals surface area contributed by atoms with Crippen LogP contribution >= 0.6 is 0 Å². The summed E-state index contributed by atoms with van der Waals surface area (Å²) in [5.41, 5.74) is 2.69. The van der Waals surface area contributed by atoms with Crippen LogP contribution in [-0.4, -0.2) is 43.5 Å². The monoisotopic (exact) mass is 384 g/mol. The van der Waals surface area contributed by atoms with Crippen LogP contribution in [0.1, 0.15) is 24.5 Å². The molecule has 0 atom stereocenters. The minimum absolute atomic E-state index is 0.0407. The molecule has 2 rings (SSSR count). The zero-order valence-electron chi connectivity index (χ0n) is 17.0. The minimum atomic E-state index is -0.280. The van der Waals surface area contributed by atoms with Crippen molar-refractivity contribution < 1.29 is 19.1 Å². The molecule has 0 aliphatic heterocycles. The average molecular weight is 384 g/mol. The first-order valence-corrected chi connectivity index (χ1v) is 9.35. The summed E-state index contributed by atoms with van der Waals surface area (Å²) in [5, 5.41) is 2.80. The van der Waals surface area contributed by atoms with Gasteiger partial charge in [0.15, 0.2) is 6.61 Å². The van der Waals surface area contributed by atoms with Gasteiger partial charge in [-0.25, -0.2) is 0 Å². The summed E-state index contributed by atoms with van der Waals surface area (Å²) in [5.74, 6) is 0.742. The predicted octanol–water partition coefficient (Wildman–Crippen LogP) is 3.57. The van der Waals surface area contributed by atoms with Crippen molar-refractivity contribution in [2.45, 2.75) is 27.2 Å². The second-order valence-corrected chi connectivity index (χ2v) is 6.62. The van der Waals surface area contributed by atoms with E-state index in [0.29, 0.717) is 23.7 Å². The lowest BCUT2D eigenvalue weighted by molar-refractivity contribution is -0.136. The Morgan fingerprint density at radius 2 is 1.82 bits per heavy atom. The molecule has 0 saturated heterocycles. The fourth-order valence-electron chi connectivity index (χ4n) is 2.86. The second kappa shape index (κ2) is 10.3. The maximum Gasteiger partial charge on any atom is 0.260 e. The topological polar surface area (TPSA) is 67.9 Å². The normalized spacial score (nSPS) is 10.3. The molecular weight excluding hydrogens is 356 g/mol. The number of aryl methyl sites for hydroxylation is 2. The third kappa shape index (κ3) is 6.01. The molecule has 150 valence electrons. The van der Waals surface area contributed by atoms with E-state index in [0.717, 1.165) is 17.5 Å². The van der Waals surface area contributed by atoms with Crippen LogP contribution in [-0.2, 0) is 9.59 Å². The molecule has 0 unspecified atom stereocenters. The molecule has 6 heteroatoms. The van der Waals surface area contributed by atoms with Crippen molar-refractivity contribution >= 4 is 17.5 Å². The summed E-state index contributed by atoms with van der Waals surface area (Å²) in [7, 11) is 1.54. The van der Waals surface area contributed by atoms with Crippen LogP contribution in [0, 0.1) is 13.8 Å². The molecule has 2 aromatic rings. The average Bonchev–Trinajstić information content (AvgIpc) is 2.67. The number of anilines is 1. The molecule has 0 spiro atoms. The quantitative estimate of drug-likeness (QED) is 0.718. The molecule has 1 N–H and O–H groups in total. The van der Waals surface area contributed by atoms with Crippen molar-refractivity contribution in [3.05, 3.63) is 53.6 Å². The summed E-state index contributed by atoms with van der Waals surface area (Å²) in [6, 6.07) is 13.0. The van der Waals surface area contributed by atoms with E-state index in [2.05, 4.69) is 5.32 Å². The van der Waals surface area contributed by atoms with Crippen molar-refractivity contribution in [2.24, 2.45) is 0 Å². The molecule has 2 aromatic carbocycles. The first kappa shape index (κ1) is 21.3. The Balaban J connectivity index is 1.97. The van der Waals surface area contributed by atoms with Crippen LogP contribution in [0.25, 0.3) is 0 Å². The Morgan fingerprint density at radius 3 is 2.50 bits per heavy atom. The van der Waals surface area contributed by atoms with E-state index in [1.807, 2.05) is 51.1 Å². The van der Waals surface area contributed by atoms with E-state index < -0.39 is 0 Å². The van der Waals surface area contributed by atoms with Gasteiger partial charge in [-0.1, -0.05) is 36.8 Å². The van der Waals surface area contributed by atoms with Crippen LogP contribution in [0.4, 0.5) is 5.69 Å². The van der Waals surface area contributed by atoms with Crippen LogP contribution in [0.2, 0.25) is 0 Å². The number of benzene rings is 2. The molecule has 28 heavy (non-hydrogen) atoms. The molecule has 0 heterocycles. The van der Waals surface area contributed by atoms with E-state index in [9.17, 15) is 9.59 Å². The zero-order valence-corrected chi connectivity index (χ0v) is 17.0. The molecule has 0 aliphatic carbocycles. The van der Waals surface area contributed by atoms with E-state index >= 15 is 0 Å². The summed E-state index contributed by atoms with van der Waals surface area (Å²) in [6.45, 7) is 6.24. The number of amides is 2. The van der Waals surface area contributed by atoms with Crippen molar-refractivity contribution in [3.8, 4) is 11.5 Å². The number of methoxy groups -OCH3 is 1. The molecule has 0 radical (unpaired) electrons. The first-order chi connectivity index (χ1) is 13.4. The van der Waals surface area contributed by atoms with E-state index in [1.165, 1.54) is 4.90 Å². The van der Waals surface area contributed by atoms with Gasteiger partial charge in [0.05, 0.1) is 19.3 Å². The Hall–Kier alpha value is -3.02. The van der Waals surface area contributed by atoms with Gasteiger partial charge in [-0.05, 0) is 44.0 Å². The Labute approximate surface area is 166 Å². The lowest BCUT2D eigenvalue weighted by atomic mass is 10.1. The number of hydrogen-bond donors (Lipinski definition) is 1. The Morgan fingerprint density at radius 1 is 1.07 bits per heavy atom. The smallest absolute Gasteiger partial charge is 0.260 e. The predicted molar refractivity (Wildman–Crippen MR) is 110 cm³/mol. The van der Waals surface area contributed by atoms with Crippen molar-refractivity contribution in [3.63, 3.8) is 0 Å². The highest BCUT2D eigenvalue weighted by Gasteiger charge is 2.18. The summed E-state index contributed by atoms with van der Waals surface area (Å²) >= 11 is 0. The van der Waals surface area contributed by atoms with Gasteiger partial charge in [-0.15, -0.1) is 0 Å². The molecule has 0 bridgehead atoms. The number of carbonyl (C=O) groups excluding carboxylic acids is 2. The number of para-hydroxylation sites is 2. The van der Waals surface area contributed by atoms with Crippen LogP contribution in [0.15, 0.2) is 42.5 Å². The maximum absolute atomic E-state index is 12.6. The minimum Gasteiger partial charge on any atom is -0.495 e. The molecule has 0 fully saturated rings. The summed E-state index contributed by atoms with van der Waals surface area (Å²) in [4.78, 5) is 26.5. The largest absolute Gasteiger partial charge is 0.495 e. The summed E-state index contributed by atoms with van der Waals surface area (Å²) < 4.78 is 10.9. The van der Waals surface area contributed by atoms with Gasteiger partial charge in [-0.2, -0.15) is 0 Å². The number of hydrogen-bond acceptors (Lipinski definition) is 4. The Bertz CT molecular complexity index is 820. The molecular formula is C22H28N2O4. The number of nitrogens with one attached hydrogen (secondary N) is 1. The maximum atomic E-state index is 12.6. The standard InChI is InChI=1S/C22H28N2O4/c1-5-12-24(14-21(25)23-18-8-6-7-9-20(18)27-4)22(26)15-28-19-11-10-16(2)13-17(19)3/h6-11,13H,5,12,14-15H2,1-4H3,(H,23,25). The molecule has 6 nitrogen and oxygen atoms in total. The molecule has 0 aliphatic rings. The van der Waals surface area contributed by atoms with E-state index in [-0.39, 0.29) is 25.0 Å². The fraction of sp³-hybridized carbons (Fsp3) is 0.364. The van der Waals surface area contributed by atoms with E-state index in [4.69, 9.17) is 9.47 Å². The van der Waals surface area contributed by atoms with Crippen molar-refractivity contribution in [2.75, 3.05) is 32.1 Å².